The molecule has 0 radical (unpaired) electrons. The Morgan fingerprint density at radius 3 is 2.26 bits per heavy atom. The van der Waals surface area contributed by atoms with Crippen LogP contribution in [0.15, 0.2) is 29.2 Å². The van der Waals surface area contributed by atoms with Gasteiger partial charge in [0.15, 0.2) is 0 Å². The van der Waals surface area contributed by atoms with Crippen LogP contribution < -0.4 is 10.6 Å². The summed E-state index contributed by atoms with van der Waals surface area (Å²) in [7, 11) is -3.65. The van der Waals surface area contributed by atoms with Crippen molar-refractivity contribution in [1.82, 2.24) is 14.9 Å². The Kier molecular flexibility index (Phi) is 7.34. The quantitative estimate of drug-likeness (QED) is 0.706. The minimum Gasteiger partial charge on any atom is -0.373 e. The van der Waals surface area contributed by atoms with Crippen LogP contribution in [0.4, 0.5) is 0 Å². The zero-order valence-electron chi connectivity index (χ0n) is 15.9. The fraction of sp³-hybridized carbons (Fsp3) is 0.556. The molecule has 1 fully saturated rings. The van der Waals surface area contributed by atoms with Crippen molar-refractivity contribution in [3.63, 3.8) is 0 Å². The second-order valence-electron chi connectivity index (χ2n) is 6.64. The van der Waals surface area contributed by atoms with Crippen LogP contribution in [0.1, 0.15) is 37.6 Å². The summed E-state index contributed by atoms with van der Waals surface area (Å²) in [6.45, 7) is 6.63. The summed E-state index contributed by atoms with van der Waals surface area (Å²) in [4.78, 5) is 23.8. The highest BCUT2D eigenvalue weighted by atomic mass is 32.2. The molecule has 0 spiro atoms. The van der Waals surface area contributed by atoms with E-state index in [-0.39, 0.29) is 29.6 Å². The molecule has 8 nitrogen and oxygen atoms in total. The number of sulfonamides is 1. The van der Waals surface area contributed by atoms with Crippen LogP contribution in [0, 0.1) is 0 Å². The molecule has 0 aliphatic carbocycles. The van der Waals surface area contributed by atoms with Crippen molar-refractivity contribution in [3.05, 3.63) is 29.8 Å². The van der Waals surface area contributed by atoms with Gasteiger partial charge in [-0.15, -0.1) is 0 Å². The third kappa shape index (κ3) is 5.75. The zero-order chi connectivity index (χ0) is 20.0. The van der Waals surface area contributed by atoms with Crippen LogP contribution in [-0.2, 0) is 19.6 Å². The van der Waals surface area contributed by atoms with E-state index in [1.165, 1.54) is 28.6 Å². The maximum absolute atomic E-state index is 12.8. The lowest BCUT2D eigenvalue weighted by molar-refractivity contribution is -0.120. The molecule has 1 heterocycles. The Morgan fingerprint density at radius 1 is 1.11 bits per heavy atom. The first kappa shape index (κ1) is 21.3. The van der Waals surface area contributed by atoms with Gasteiger partial charge in [0, 0.05) is 25.2 Å². The maximum Gasteiger partial charge on any atom is 0.251 e. The number of hydrogen-bond donors (Lipinski definition) is 2. The first-order valence-electron chi connectivity index (χ1n) is 9.04. The minimum atomic E-state index is -3.65. The number of morpholine rings is 1. The predicted molar refractivity (Wildman–Crippen MR) is 101 cm³/mol. The van der Waals surface area contributed by atoms with Crippen molar-refractivity contribution in [2.75, 3.05) is 26.2 Å². The molecule has 1 aromatic carbocycles. The first-order chi connectivity index (χ1) is 12.7. The van der Waals surface area contributed by atoms with Gasteiger partial charge in [0.05, 0.1) is 23.6 Å². The number of carbonyl (C=O) groups is 2. The number of nitrogens with one attached hydrogen (secondary N) is 2. The van der Waals surface area contributed by atoms with Crippen LogP contribution in [-0.4, -0.2) is 62.9 Å². The number of hydrogen-bond acceptors (Lipinski definition) is 5. The van der Waals surface area contributed by atoms with E-state index in [9.17, 15) is 18.0 Å². The average molecular weight is 397 g/mol. The number of benzene rings is 1. The van der Waals surface area contributed by atoms with Gasteiger partial charge in [-0.1, -0.05) is 6.92 Å². The first-order valence-corrected chi connectivity index (χ1v) is 10.5. The minimum absolute atomic E-state index is 0.123. The Morgan fingerprint density at radius 2 is 1.70 bits per heavy atom. The molecule has 1 aromatic rings. The van der Waals surface area contributed by atoms with Gasteiger partial charge >= 0.3 is 0 Å². The second-order valence-corrected chi connectivity index (χ2v) is 8.57. The SMILES string of the molecule is CCCNC(=O)CNC(=O)c1ccc(S(=O)(=O)N2C[C@H](C)O[C@@H](C)C2)cc1. The lowest BCUT2D eigenvalue weighted by Crippen LogP contribution is -2.48. The molecule has 2 N–H and O–H groups in total. The van der Waals surface area contributed by atoms with E-state index in [0.29, 0.717) is 25.2 Å². The fourth-order valence-electron chi connectivity index (χ4n) is 2.84. The van der Waals surface area contributed by atoms with Crippen LogP contribution in [0.2, 0.25) is 0 Å². The smallest absolute Gasteiger partial charge is 0.251 e. The van der Waals surface area contributed by atoms with Gasteiger partial charge in [0.1, 0.15) is 0 Å². The van der Waals surface area contributed by atoms with Crippen molar-refractivity contribution >= 4 is 21.8 Å². The largest absolute Gasteiger partial charge is 0.373 e. The van der Waals surface area contributed by atoms with Crippen LogP contribution in [0.3, 0.4) is 0 Å². The molecule has 0 bridgehead atoms. The molecule has 0 saturated carbocycles. The third-order valence-corrected chi connectivity index (χ3v) is 5.97. The Bertz CT molecular complexity index is 754. The number of carbonyl (C=O) groups excluding carboxylic acids is 2. The second kappa shape index (κ2) is 9.29. The van der Waals surface area contributed by atoms with Gasteiger partial charge in [-0.25, -0.2) is 8.42 Å². The highest BCUT2D eigenvalue weighted by molar-refractivity contribution is 7.89. The van der Waals surface area contributed by atoms with Gasteiger partial charge in [-0.2, -0.15) is 4.31 Å². The molecule has 1 aliphatic rings. The van der Waals surface area contributed by atoms with Crippen molar-refractivity contribution in [2.45, 2.75) is 44.3 Å². The average Bonchev–Trinajstić information content (AvgIpc) is 2.63. The highest BCUT2D eigenvalue weighted by Gasteiger charge is 2.32. The molecular weight excluding hydrogens is 370 g/mol. The maximum atomic E-state index is 12.8. The molecule has 2 amide bonds. The van der Waals surface area contributed by atoms with E-state index in [1.54, 1.807) is 0 Å². The molecule has 1 saturated heterocycles. The molecular formula is C18H27N3O5S. The number of ether oxygens (including phenoxy) is 1. The van der Waals surface area contributed by atoms with E-state index in [4.69, 9.17) is 4.74 Å². The fourth-order valence-corrected chi connectivity index (χ4v) is 4.43. The molecule has 27 heavy (non-hydrogen) atoms. The van der Waals surface area contributed by atoms with Gasteiger partial charge in [-0.3, -0.25) is 9.59 Å². The van der Waals surface area contributed by atoms with Gasteiger partial charge in [0.25, 0.3) is 5.91 Å². The standard InChI is InChI=1S/C18H27N3O5S/c1-4-9-19-17(22)10-20-18(23)15-5-7-16(8-6-15)27(24,25)21-11-13(2)26-14(3)12-21/h5-8,13-14H,4,9-12H2,1-3H3,(H,19,22)(H,20,23)/t13-,14-/m0/s1. The van der Waals surface area contributed by atoms with Crippen molar-refractivity contribution in [2.24, 2.45) is 0 Å². The van der Waals surface area contributed by atoms with E-state index in [0.717, 1.165) is 6.42 Å². The third-order valence-electron chi connectivity index (χ3n) is 4.12. The summed E-state index contributed by atoms with van der Waals surface area (Å²) in [6, 6.07) is 5.71. The van der Waals surface area contributed by atoms with Gasteiger partial charge in [-0.05, 0) is 44.5 Å². The molecule has 2 rings (SSSR count). The highest BCUT2D eigenvalue weighted by Crippen LogP contribution is 2.21. The van der Waals surface area contributed by atoms with Crippen molar-refractivity contribution < 1.29 is 22.7 Å². The van der Waals surface area contributed by atoms with Crippen molar-refractivity contribution in [3.8, 4) is 0 Å². The molecule has 9 heteroatoms. The lowest BCUT2D eigenvalue weighted by atomic mass is 10.2. The molecule has 2 atom stereocenters. The summed E-state index contributed by atoms with van der Waals surface area (Å²) in [5.74, 6) is -0.695. The molecule has 0 aromatic heterocycles. The molecule has 1 aliphatic heterocycles. The molecule has 0 unspecified atom stereocenters. The summed E-state index contributed by atoms with van der Waals surface area (Å²) < 4.78 is 32.6. The van der Waals surface area contributed by atoms with E-state index in [2.05, 4.69) is 10.6 Å². The molecule has 150 valence electrons. The van der Waals surface area contributed by atoms with E-state index >= 15 is 0 Å². The van der Waals surface area contributed by atoms with Crippen LogP contribution >= 0.6 is 0 Å². The normalized spacial score (nSPS) is 20.9. The van der Waals surface area contributed by atoms with E-state index < -0.39 is 15.9 Å². The topological polar surface area (TPSA) is 105 Å². The Hall–Kier alpha value is -1.97. The van der Waals surface area contributed by atoms with Crippen LogP contribution in [0.25, 0.3) is 0 Å². The monoisotopic (exact) mass is 397 g/mol. The lowest BCUT2D eigenvalue weighted by Gasteiger charge is -2.34. The number of rotatable bonds is 7. The van der Waals surface area contributed by atoms with Crippen molar-refractivity contribution in [1.29, 1.82) is 0 Å². The summed E-state index contributed by atoms with van der Waals surface area (Å²) in [5.41, 5.74) is 0.293. The van der Waals surface area contributed by atoms with Gasteiger partial charge in [0.2, 0.25) is 15.9 Å². The zero-order valence-corrected chi connectivity index (χ0v) is 16.7. The van der Waals surface area contributed by atoms with Crippen LogP contribution in [0.5, 0.6) is 0 Å². The summed E-state index contributed by atoms with van der Waals surface area (Å²) in [6.07, 6.45) is 0.468. The Balaban J connectivity index is 2.01. The summed E-state index contributed by atoms with van der Waals surface area (Å²) >= 11 is 0. The Labute approximate surface area is 160 Å². The summed E-state index contributed by atoms with van der Waals surface area (Å²) in [5, 5.41) is 5.18. The number of amides is 2. The number of nitrogens with zero attached hydrogens (tertiary/aromatic N) is 1. The predicted octanol–water partition coefficient (Wildman–Crippen LogP) is 0.741. The van der Waals surface area contributed by atoms with Gasteiger partial charge < -0.3 is 15.4 Å². The van der Waals surface area contributed by atoms with E-state index in [1.807, 2.05) is 20.8 Å².